The van der Waals surface area contributed by atoms with Crippen molar-refractivity contribution in [2.24, 2.45) is 0 Å². The van der Waals surface area contributed by atoms with Gasteiger partial charge in [-0.1, -0.05) is 12.1 Å². The van der Waals surface area contributed by atoms with Crippen molar-refractivity contribution in [3.05, 3.63) is 65.0 Å². The van der Waals surface area contributed by atoms with Crippen LogP contribution in [0.2, 0.25) is 0 Å². The number of pyridine rings is 1. The highest BCUT2D eigenvalue weighted by Gasteiger charge is 2.30. The van der Waals surface area contributed by atoms with Gasteiger partial charge in [-0.2, -0.15) is 13.2 Å². The molecule has 6 heteroatoms. The second-order valence-electron chi connectivity index (χ2n) is 4.57. The molecular formula is C15H13F3N2O. The zero-order valence-corrected chi connectivity index (χ0v) is 11.2. The Morgan fingerprint density at radius 2 is 2.00 bits per heavy atom. The molecule has 1 heterocycles. The molecule has 21 heavy (non-hydrogen) atoms. The molecule has 0 saturated heterocycles. The molecule has 0 spiro atoms. The number of aryl methyl sites for hydroxylation is 1. The zero-order valence-electron chi connectivity index (χ0n) is 11.2. The lowest BCUT2D eigenvalue weighted by molar-refractivity contribution is -0.137. The number of rotatable bonds is 3. The summed E-state index contributed by atoms with van der Waals surface area (Å²) in [6, 6.07) is 8.04. The molecule has 0 atom stereocenters. The molecule has 0 unspecified atom stereocenters. The molecule has 1 aromatic carbocycles. The van der Waals surface area contributed by atoms with Crippen LogP contribution in [-0.4, -0.2) is 10.9 Å². The Morgan fingerprint density at radius 3 is 2.67 bits per heavy atom. The van der Waals surface area contributed by atoms with E-state index in [0.29, 0.717) is 16.8 Å². The van der Waals surface area contributed by atoms with Crippen molar-refractivity contribution in [3.63, 3.8) is 0 Å². The van der Waals surface area contributed by atoms with Crippen molar-refractivity contribution in [2.75, 3.05) is 0 Å². The van der Waals surface area contributed by atoms with Crippen LogP contribution in [-0.2, 0) is 12.7 Å². The van der Waals surface area contributed by atoms with Gasteiger partial charge in [0.25, 0.3) is 5.91 Å². The van der Waals surface area contributed by atoms with Crippen LogP contribution in [0.15, 0.2) is 42.6 Å². The molecule has 0 aliphatic rings. The number of carbonyl (C=O) groups is 1. The van der Waals surface area contributed by atoms with E-state index in [2.05, 4.69) is 10.3 Å². The van der Waals surface area contributed by atoms with E-state index in [0.717, 1.165) is 12.1 Å². The molecule has 2 rings (SSSR count). The van der Waals surface area contributed by atoms with Crippen molar-refractivity contribution in [1.82, 2.24) is 10.3 Å². The topological polar surface area (TPSA) is 42.0 Å². The molecule has 2 aromatic rings. The van der Waals surface area contributed by atoms with Gasteiger partial charge in [-0.15, -0.1) is 0 Å². The highest BCUT2D eigenvalue weighted by molar-refractivity contribution is 5.94. The van der Waals surface area contributed by atoms with Crippen molar-refractivity contribution in [2.45, 2.75) is 19.6 Å². The average Bonchev–Trinajstić information content (AvgIpc) is 2.44. The van der Waals surface area contributed by atoms with Crippen LogP contribution >= 0.6 is 0 Å². The smallest absolute Gasteiger partial charge is 0.348 e. The maximum atomic E-state index is 12.6. The van der Waals surface area contributed by atoms with Gasteiger partial charge in [0, 0.05) is 24.0 Å². The average molecular weight is 294 g/mol. The van der Waals surface area contributed by atoms with Crippen LogP contribution in [0.1, 0.15) is 27.2 Å². The molecule has 3 nitrogen and oxygen atoms in total. The molecule has 1 N–H and O–H groups in total. The van der Waals surface area contributed by atoms with Crippen molar-refractivity contribution in [3.8, 4) is 0 Å². The van der Waals surface area contributed by atoms with Gasteiger partial charge in [0.15, 0.2) is 0 Å². The summed E-state index contributed by atoms with van der Waals surface area (Å²) in [5.41, 5.74) is 0.786. The van der Waals surface area contributed by atoms with E-state index in [1.54, 1.807) is 19.1 Å². The third-order valence-corrected chi connectivity index (χ3v) is 2.87. The lowest BCUT2D eigenvalue weighted by atomic mass is 10.1. The third-order valence-electron chi connectivity index (χ3n) is 2.87. The Balaban J connectivity index is 2.05. The van der Waals surface area contributed by atoms with Gasteiger partial charge in [0.2, 0.25) is 0 Å². The number of hydrogen-bond donors (Lipinski definition) is 1. The van der Waals surface area contributed by atoms with E-state index < -0.39 is 11.7 Å². The van der Waals surface area contributed by atoms with Crippen molar-refractivity contribution < 1.29 is 18.0 Å². The number of hydrogen-bond acceptors (Lipinski definition) is 2. The minimum Gasteiger partial charge on any atom is -0.348 e. The number of benzene rings is 1. The highest BCUT2D eigenvalue weighted by Crippen LogP contribution is 2.29. The third kappa shape index (κ3) is 4.05. The lowest BCUT2D eigenvalue weighted by Gasteiger charge is -2.09. The molecule has 1 aromatic heterocycles. The predicted molar refractivity (Wildman–Crippen MR) is 71.6 cm³/mol. The van der Waals surface area contributed by atoms with E-state index in [1.165, 1.54) is 18.3 Å². The van der Waals surface area contributed by atoms with Gasteiger partial charge in [-0.3, -0.25) is 9.78 Å². The fourth-order valence-electron chi connectivity index (χ4n) is 1.83. The van der Waals surface area contributed by atoms with Crippen LogP contribution in [0, 0.1) is 6.92 Å². The SMILES string of the molecule is Cc1cc(C(=O)NCc2cccc(C(F)(F)F)c2)ccn1. The number of nitrogens with zero attached hydrogens (tertiary/aromatic N) is 1. The zero-order chi connectivity index (χ0) is 15.5. The Morgan fingerprint density at radius 1 is 1.24 bits per heavy atom. The second kappa shape index (κ2) is 5.95. The summed E-state index contributed by atoms with van der Waals surface area (Å²) in [5.74, 6) is -0.349. The number of aromatic nitrogens is 1. The van der Waals surface area contributed by atoms with Crippen LogP contribution in [0.4, 0.5) is 13.2 Å². The first-order valence-corrected chi connectivity index (χ1v) is 6.23. The summed E-state index contributed by atoms with van der Waals surface area (Å²) >= 11 is 0. The van der Waals surface area contributed by atoms with E-state index in [4.69, 9.17) is 0 Å². The lowest BCUT2D eigenvalue weighted by Crippen LogP contribution is -2.23. The van der Waals surface area contributed by atoms with Gasteiger partial charge in [-0.05, 0) is 36.8 Å². The van der Waals surface area contributed by atoms with Gasteiger partial charge in [0.05, 0.1) is 5.56 Å². The first-order chi connectivity index (χ1) is 9.86. The fraction of sp³-hybridized carbons (Fsp3) is 0.200. The van der Waals surface area contributed by atoms with Gasteiger partial charge in [-0.25, -0.2) is 0 Å². The molecule has 0 saturated carbocycles. The molecule has 0 aliphatic carbocycles. The molecule has 0 aliphatic heterocycles. The summed E-state index contributed by atoms with van der Waals surface area (Å²) in [6.07, 6.45) is -2.88. The Bertz CT molecular complexity index is 653. The number of amides is 1. The molecule has 1 amide bonds. The number of carbonyl (C=O) groups excluding carboxylic acids is 1. The Kier molecular flexibility index (Phi) is 4.26. The van der Waals surface area contributed by atoms with Gasteiger partial charge in [0.1, 0.15) is 0 Å². The summed E-state index contributed by atoms with van der Waals surface area (Å²) < 4.78 is 37.7. The number of nitrogens with one attached hydrogen (secondary N) is 1. The first-order valence-electron chi connectivity index (χ1n) is 6.23. The van der Waals surface area contributed by atoms with Crippen LogP contribution in [0.5, 0.6) is 0 Å². The summed E-state index contributed by atoms with van der Waals surface area (Å²) in [5, 5.41) is 2.59. The standard InChI is InChI=1S/C15H13F3N2O/c1-10-7-12(5-6-19-10)14(21)20-9-11-3-2-4-13(8-11)15(16,17)18/h2-8H,9H2,1H3,(H,20,21). The van der Waals surface area contributed by atoms with Crippen LogP contribution in [0.3, 0.4) is 0 Å². The summed E-state index contributed by atoms with van der Waals surface area (Å²) in [7, 11) is 0. The van der Waals surface area contributed by atoms with E-state index in [-0.39, 0.29) is 12.5 Å². The molecule has 0 radical (unpaired) electrons. The van der Waals surface area contributed by atoms with E-state index >= 15 is 0 Å². The summed E-state index contributed by atoms with van der Waals surface area (Å²) in [6.45, 7) is 1.79. The second-order valence-corrected chi connectivity index (χ2v) is 4.57. The minimum atomic E-state index is -4.39. The fourth-order valence-corrected chi connectivity index (χ4v) is 1.83. The normalized spacial score (nSPS) is 11.2. The molecule has 110 valence electrons. The van der Waals surface area contributed by atoms with E-state index in [1.807, 2.05) is 0 Å². The van der Waals surface area contributed by atoms with Gasteiger partial charge >= 0.3 is 6.18 Å². The van der Waals surface area contributed by atoms with Crippen molar-refractivity contribution >= 4 is 5.91 Å². The summed E-state index contributed by atoms with van der Waals surface area (Å²) in [4.78, 5) is 15.9. The monoisotopic (exact) mass is 294 g/mol. The molecule has 0 fully saturated rings. The molecular weight excluding hydrogens is 281 g/mol. The first kappa shape index (κ1) is 15.0. The quantitative estimate of drug-likeness (QED) is 0.943. The minimum absolute atomic E-state index is 0.0319. The Hall–Kier alpha value is -2.37. The van der Waals surface area contributed by atoms with Crippen molar-refractivity contribution in [1.29, 1.82) is 0 Å². The molecule has 0 bridgehead atoms. The maximum Gasteiger partial charge on any atom is 0.416 e. The Labute approximate surface area is 119 Å². The number of halogens is 3. The van der Waals surface area contributed by atoms with Crippen LogP contribution in [0.25, 0.3) is 0 Å². The van der Waals surface area contributed by atoms with Gasteiger partial charge < -0.3 is 5.32 Å². The van der Waals surface area contributed by atoms with Crippen LogP contribution < -0.4 is 5.32 Å². The maximum absolute atomic E-state index is 12.6. The predicted octanol–water partition coefficient (Wildman–Crippen LogP) is 3.34. The number of alkyl halides is 3. The van der Waals surface area contributed by atoms with E-state index in [9.17, 15) is 18.0 Å². The highest BCUT2D eigenvalue weighted by atomic mass is 19.4. The largest absolute Gasteiger partial charge is 0.416 e.